The highest BCUT2D eigenvalue weighted by Crippen LogP contribution is 2.46. The van der Waals surface area contributed by atoms with E-state index in [0.29, 0.717) is 35.3 Å². The van der Waals surface area contributed by atoms with Gasteiger partial charge in [0.1, 0.15) is 35.8 Å². The van der Waals surface area contributed by atoms with E-state index in [-0.39, 0.29) is 23.6 Å². The zero-order valence-electron chi connectivity index (χ0n) is 20.6. The molecule has 0 unspecified atom stereocenters. The zero-order chi connectivity index (χ0) is 26.1. The van der Waals surface area contributed by atoms with Crippen LogP contribution in [-0.4, -0.2) is 37.5 Å². The SMILES string of the molecule is Cc1cn([C@@H]2C=C(CCc3cc(C(F)F)c(F)c4ccncc34)[C@H]3OC(C)(C)O[C@H]32)c2ncnc(N)c12. The summed E-state index contributed by atoms with van der Waals surface area (Å²) in [4.78, 5) is 12.7. The number of halogens is 3. The molecule has 0 saturated carbocycles. The van der Waals surface area contributed by atoms with Gasteiger partial charge in [0.2, 0.25) is 0 Å². The third-order valence-electron chi connectivity index (χ3n) is 7.27. The molecule has 0 radical (unpaired) electrons. The topological polar surface area (TPSA) is 88.1 Å². The van der Waals surface area contributed by atoms with Crippen molar-refractivity contribution in [3.05, 3.63) is 71.2 Å². The second-order valence-corrected chi connectivity index (χ2v) is 10.1. The van der Waals surface area contributed by atoms with Crippen LogP contribution >= 0.6 is 0 Å². The summed E-state index contributed by atoms with van der Waals surface area (Å²) in [5.41, 5.74) is 8.79. The first-order chi connectivity index (χ1) is 17.6. The number of pyridine rings is 1. The number of anilines is 1. The molecule has 3 atom stereocenters. The number of nitrogen functional groups attached to an aromatic ring is 1. The van der Waals surface area contributed by atoms with Crippen LogP contribution < -0.4 is 5.73 Å². The van der Waals surface area contributed by atoms with Crippen molar-refractivity contribution in [2.24, 2.45) is 0 Å². The molecule has 192 valence electrons. The van der Waals surface area contributed by atoms with Crippen LogP contribution in [0.3, 0.4) is 0 Å². The predicted octanol–water partition coefficient (Wildman–Crippen LogP) is 5.58. The van der Waals surface area contributed by atoms with Crippen molar-refractivity contribution in [3.8, 4) is 0 Å². The number of ether oxygens (including phenoxy) is 2. The molecule has 4 aromatic rings. The third-order valence-corrected chi connectivity index (χ3v) is 7.27. The lowest BCUT2D eigenvalue weighted by Crippen LogP contribution is -2.28. The predicted molar refractivity (Wildman–Crippen MR) is 133 cm³/mol. The van der Waals surface area contributed by atoms with Crippen molar-refractivity contribution in [1.82, 2.24) is 19.5 Å². The Hall–Kier alpha value is -3.50. The largest absolute Gasteiger partial charge is 0.383 e. The normalized spacial score (nSPS) is 22.8. The highest BCUT2D eigenvalue weighted by Gasteiger charge is 2.50. The summed E-state index contributed by atoms with van der Waals surface area (Å²) >= 11 is 0. The molecule has 6 rings (SSSR count). The summed E-state index contributed by atoms with van der Waals surface area (Å²) in [5, 5.41) is 1.47. The van der Waals surface area contributed by atoms with Gasteiger partial charge in [0, 0.05) is 29.4 Å². The molecular formula is C27H26F3N5O2. The van der Waals surface area contributed by atoms with Crippen molar-refractivity contribution in [1.29, 1.82) is 0 Å². The summed E-state index contributed by atoms with van der Waals surface area (Å²) < 4.78 is 56.6. The van der Waals surface area contributed by atoms with Crippen LogP contribution in [0.4, 0.5) is 19.0 Å². The molecule has 1 aliphatic carbocycles. The maximum absolute atomic E-state index is 14.7. The van der Waals surface area contributed by atoms with E-state index in [2.05, 4.69) is 21.0 Å². The van der Waals surface area contributed by atoms with Gasteiger partial charge in [0.05, 0.1) is 17.0 Å². The van der Waals surface area contributed by atoms with E-state index in [1.54, 1.807) is 0 Å². The van der Waals surface area contributed by atoms with Crippen LogP contribution in [0.5, 0.6) is 0 Å². The quantitative estimate of drug-likeness (QED) is 0.354. The first kappa shape index (κ1) is 23.9. The standard InChI is InChI=1S/C27H26F3N5O2/c1-13-11-35(26-20(13)25(31)33-12-34-26)19-9-15(22-23(19)37-27(2,3)36-22)5-4-14-8-17(24(29)30)21(28)16-6-7-32-10-18(14)16/h6-12,19,22-24H,4-5H2,1-3H3,(H2,31,33,34)/t19-,22-,23+/m1/s1. The highest BCUT2D eigenvalue weighted by molar-refractivity contribution is 5.89. The van der Waals surface area contributed by atoms with Crippen LogP contribution in [0.15, 0.2) is 48.7 Å². The molecule has 3 aromatic heterocycles. The number of nitrogens with zero attached hydrogens (tertiary/aromatic N) is 4. The smallest absolute Gasteiger partial charge is 0.266 e. The minimum absolute atomic E-state index is 0.145. The fourth-order valence-corrected chi connectivity index (χ4v) is 5.69. The number of benzene rings is 1. The molecule has 0 spiro atoms. The van der Waals surface area contributed by atoms with E-state index in [4.69, 9.17) is 15.2 Å². The van der Waals surface area contributed by atoms with Crippen LogP contribution in [-0.2, 0) is 15.9 Å². The third kappa shape index (κ3) is 3.86. The Balaban J connectivity index is 1.39. The lowest BCUT2D eigenvalue weighted by atomic mass is 9.96. The van der Waals surface area contributed by atoms with Crippen LogP contribution in [0.2, 0.25) is 0 Å². The lowest BCUT2D eigenvalue weighted by molar-refractivity contribution is -0.147. The summed E-state index contributed by atoms with van der Waals surface area (Å²) in [6.07, 6.45) is 5.84. The molecule has 2 aliphatic rings. The molecule has 4 heterocycles. The van der Waals surface area contributed by atoms with E-state index in [0.717, 1.165) is 16.5 Å². The molecular weight excluding hydrogens is 483 g/mol. The molecule has 1 fully saturated rings. The average Bonchev–Trinajstić information content (AvgIpc) is 3.47. The highest BCUT2D eigenvalue weighted by atomic mass is 19.3. The Morgan fingerprint density at radius 1 is 1.16 bits per heavy atom. The number of hydrogen-bond donors (Lipinski definition) is 1. The van der Waals surface area contributed by atoms with Crippen molar-refractivity contribution in [3.63, 3.8) is 0 Å². The van der Waals surface area contributed by atoms with E-state index in [1.807, 2.05) is 31.5 Å². The first-order valence-corrected chi connectivity index (χ1v) is 12.1. The molecule has 37 heavy (non-hydrogen) atoms. The Morgan fingerprint density at radius 3 is 2.76 bits per heavy atom. The number of rotatable bonds is 5. The maximum Gasteiger partial charge on any atom is 0.266 e. The van der Waals surface area contributed by atoms with Crippen LogP contribution in [0.25, 0.3) is 21.8 Å². The van der Waals surface area contributed by atoms with Gasteiger partial charge in [-0.2, -0.15) is 0 Å². The molecule has 10 heteroatoms. The molecule has 0 amide bonds. The van der Waals surface area contributed by atoms with Crippen molar-refractivity contribution < 1.29 is 22.6 Å². The van der Waals surface area contributed by atoms with Gasteiger partial charge >= 0.3 is 0 Å². The van der Waals surface area contributed by atoms with E-state index < -0.39 is 23.6 Å². The van der Waals surface area contributed by atoms with Gasteiger partial charge in [0.15, 0.2) is 5.79 Å². The van der Waals surface area contributed by atoms with E-state index >= 15 is 0 Å². The molecule has 1 saturated heterocycles. The number of hydrogen-bond acceptors (Lipinski definition) is 6. The minimum Gasteiger partial charge on any atom is -0.383 e. The Kier molecular flexibility index (Phi) is 5.50. The maximum atomic E-state index is 14.7. The summed E-state index contributed by atoms with van der Waals surface area (Å²) in [5.74, 6) is -1.29. The fraction of sp³-hybridized carbons (Fsp3) is 0.370. The Bertz CT molecular complexity index is 1560. The molecule has 1 aromatic carbocycles. The first-order valence-electron chi connectivity index (χ1n) is 12.1. The summed E-state index contributed by atoms with van der Waals surface area (Å²) in [6, 6.07) is 2.48. The van der Waals surface area contributed by atoms with Gasteiger partial charge in [-0.25, -0.2) is 23.1 Å². The molecule has 1 aliphatic heterocycles. The van der Waals surface area contributed by atoms with Crippen LogP contribution in [0.1, 0.15) is 49.4 Å². The minimum atomic E-state index is -2.91. The fourth-order valence-electron chi connectivity index (χ4n) is 5.69. The molecule has 0 bridgehead atoms. The Labute approximate surface area is 211 Å². The van der Waals surface area contributed by atoms with E-state index in [9.17, 15) is 13.2 Å². The lowest BCUT2D eigenvalue weighted by Gasteiger charge is -2.22. The number of aromatic nitrogens is 4. The second-order valence-electron chi connectivity index (χ2n) is 10.1. The number of nitrogens with two attached hydrogens (primary N) is 1. The second kappa shape index (κ2) is 8.53. The zero-order valence-corrected chi connectivity index (χ0v) is 20.6. The van der Waals surface area contributed by atoms with Crippen molar-refractivity contribution >= 4 is 27.6 Å². The molecule has 7 nitrogen and oxygen atoms in total. The van der Waals surface area contributed by atoms with Gasteiger partial charge < -0.3 is 19.8 Å². The van der Waals surface area contributed by atoms with E-state index in [1.165, 1.54) is 30.9 Å². The summed E-state index contributed by atoms with van der Waals surface area (Å²) in [6.45, 7) is 5.69. The van der Waals surface area contributed by atoms with Gasteiger partial charge in [-0.3, -0.25) is 4.98 Å². The van der Waals surface area contributed by atoms with Crippen molar-refractivity contribution in [2.45, 2.75) is 64.1 Å². The number of alkyl halides is 2. The number of aryl methyl sites for hydroxylation is 2. The number of fused-ring (bicyclic) bond motifs is 3. The summed E-state index contributed by atoms with van der Waals surface area (Å²) in [7, 11) is 0. The molecule has 2 N–H and O–H groups in total. The van der Waals surface area contributed by atoms with Gasteiger partial charge in [0.25, 0.3) is 6.43 Å². The van der Waals surface area contributed by atoms with Gasteiger partial charge in [-0.05, 0) is 62.4 Å². The van der Waals surface area contributed by atoms with Crippen molar-refractivity contribution in [2.75, 3.05) is 5.73 Å². The van der Waals surface area contributed by atoms with Gasteiger partial charge in [-0.15, -0.1) is 0 Å². The monoisotopic (exact) mass is 509 g/mol. The average molecular weight is 510 g/mol. The Morgan fingerprint density at radius 2 is 1.97 bits per heavy atom. The van der Waals surface area contributed by atoms with Crippen LogP contribution in [0, 0.1) is 12.7 Å². The van der Waals surface area contributed by atoms with Gasteiger partial charge in [-0.1, -0.05) is 6.08 Å².